The quantitative estimate of drug-likeness (QED) is 0.861. The van der Waals surface area contributed by atoms with Crippen LogP contribution in [0.25, 0.3) is 0 Å². The van der Waals surface area contributed by atoms with Crippen LogP contribution < -0.4 is 5.32 Å². The van der Waals surface area contributed by atoms with Crippen molar-refractivity contribution in [3.63, 3.8) is 0 Å². The fourth-order valence-corrected chi connectivity index (χ4v) is 2.06. The number of carbonyl (C=O) groups excluding carboxylic acids is 1. The van der Waals surface area contributed by atoms with E-state index in [1.54, 1.807) is 6.07 Å². The lowest BCUT2D eigenvalue weighted by molar-refractivity contribution is 0.0595. The second kappa shape index (κ2) is 6.59. The summed E-state index contributed by atoms with van der Waals surface area (Å²) in [6.45, 7) is 2.45. The average Bonchev–Trinajstić information content (AvgIpc) is 2.49. The molecule has 0 saturated carbocycles. The van der Waals surface area contributed by atoms with Crippen LogP contribution in [0.2, 0.25) is 5.02 Å². The fraction of sp³-hybridized carbons (Fsp3) is 0.188. The Labute approximate surface area is 127 Å². The van der Waals surface area contributed by atoms with Gasteiger partial charge in [-0.2, -0.15) is 0 Å². The summed E-state index contributed by atoms with van der Waals surface area (Å²) in [7, 11) is 1.22. The molecule has 5 heteroatoms. The topological polar surface area (TPSA) is 38.3 Å². The molecule has 0 heterocycles. The predicted octanol–water partition coefficient (Wildman–Crippen LogP) is 4.19. The molecule has 110 valence electrons. The van der Waals surface area contributed by atoms with E-state index in [1.807, 2.05) is 25.1 Å². The van der Waals surface area contributed by atoms with Crippen LogP contribution in [0.3, 0.4) is 0 Å². The summed E-state index contributed by atoms with van der Waals surface area (Å²) >= 11 is 6.06. The van der Waals surface area contributed by atoms with Crippen LogP contribution in [0.15, 0.2) is 36.4 Å². The van der Waals surface area contributed by atoms with Crippen molar-refractivity contribution in [1.82, 2.24) is 0 Å². The highest BCUT2D eigenvalue weighted by Crippen LogP contribution is 2.19. The zero-order chi connectivity index (χ0) is 15.4. The molecule has 0 saturated heterocycles. The van der Waals surface area contributed by atoms with Crippen molar-refractivity contribution in [3.8, 4) is 0 Å². The first kappa shape index (κ1) is 15.3. The molecule has 2 aromatic carbocycles. The summed E-state index contributed by atoms with van der Waals surface area (Å²) in [6, 6.07) is 9.99. The molecule has 21 heavy (non-hydrogen) atoms. The molecule has 0 bridgehead atoms. The number of hydrogen-bond donors (Lipinski definition) is 1. The van der Waals surface area contributed by atoms with E-state index in [2.05, 4.69) is 10.1 Å². The Morgan fingerprint density at radius 1 is 1.29 bits per heavy atom. The Kier molecular flexibility index (Phi) is 4.81. The van der Waals surface area contributed by atoms with Gasteiger partial charge in [0, 0.05) is 17.3 Å². The molecule has 0 aliphatic rings. The van der Waals surface area contributed by atoms with Crippen molar-refractivity contribution in [2.75, 3.05) is 12.4 Å². The van der Waals surface area contributed by atoms with Gasteiger partial charge in [0.2, 0.25) is 0 Å². The number of rotatable bonds is 4. The minimum atomic E-state index is -0.700. The van der Waals surface area contributed by atoms with Crippen molar-refractivity contribution >= 4 is 23.3 Å². The number of benzene rings is 2. The molecule has 0 fully saturated rings. The number of methoxy groups -OCH3 is 1. The van der Waals surface area contributed by atoms with Gasteiger partial charge in [0.1, 0.15) is 5.82 Å². The van der Waals surface area contributed by atoms with Gasteiger partial charge < -0.3 is 10.1 Å². The number of esters is 1. The first-order valence-electron chi connectivity index (χ1n) is 6.38. The van der Waals surface area contributed by atoms with E-state index in [0.29, 0.717) is 17.3 Å². The molecular weight excluding hydrogens is 293 g/mol. The average molecular weight is 308 g/mol. The molecule has 0 amide bonds. The van der Waals surface area contributed by atoms with Crippen LogP contribution in [-0.4, -0.2) is 13.1 Å². The van der Waals surface area contributed by atoms with Gasteiger partial charge in [0.15, 0.2) is 0 Å². The lowest BCUT2D eigenvalue weighted by Crippen LogP contribution is -2.06. The third-order valence-corrected chi connectivity index (χ3v) is 3.51. The molecule has 0 radical (unpaired) electrons. The first-order chi connectivity index (χ1) is 10.0. The van der Waals surface area contributed by atoms with E-state index in [9.17, 15) is 9.18 Å². The number of carbonyl (C=O) groups is 1. The van der Waals surface area contributed by atoms with Gasteiger partial charge in [-0.05, 0) is 42.3 Å². The van der Waals surface area contributed by atoms with Crippen LogP contribution in [0.4, 0.5) is 10.1 Å². The van der Waals surface area contributed by atoms with Crippen LogP contribution in [0, 0.1) is 12.7 Å². The highest BCUT2D eigenvalue weighted by Gasteiger charge is 2.12. The number of halogens is 2. The summed E-state index contributed by atoms with van der Waals surface area (Å²) in [5.74, 6) is -1.31. The monoisotopic (exact) mass is 307 g/mol. The fourth-order valence-electron chi connectivity index (χ4n) is 1.85. The normalized spacial score (nSPS) is 10.3. The molecular formula is C16H15ClFNO2. The second-order valence-corrected chi connectivity index (χ2v) is 5.03. The van der Waals surface area contributed by atoms with Gasteiger partial charge in [-0.3, -0.25) is 0 Å². The molecule has 0 atom stereocenters. The van der Waals surface area contributed by atoms with Crippen LogP contribution in [-0.2, 0) is 11.3 Å². The number of hydrogen-bond acceptors (Lipinski definition) is 3. The van der Waals surface area contributed by atoms with Crippen LogP contribution >= 0.6 is 11.6 Å². The van der Waals surface area contributed by atoms with E-state index < -0.39 is 11.8 Å². The second-order valence-electron chi connectivity index (χ2n) is 4.62. The van der Waals surface area contributed by atoms with Gasteiger partial charge in [-0.15, -0.1) is 0 Å². The third kappa shape index (κ3) is 3.73. The van der Waals surface area contributed by atoms with Crippen molar-refractivity contribution in [3.05, 3.63) is 63.9 Å². The molecule has 1 N–H and O–H groups in total. The van der Waals surface area contributed by atoms with Crippen LogP contribution in [0.5, 0.6) is 0 Å². The van der Waals surface area contributed by atoms with Gasteiger partial charge >= 0.3 is 5.97 Å². The Balaban J connectivity index is 2.13. The smallest absolute Gasteiger partial charge is 0.340 e. The summed E-state index contributed by atoms with van der Waals surface area (Å²) in [5.41, 5.74) is 2.54. The first-order valence-corrected chi connectivity index (χ1v) is 6.76. The number of nitrogens with one attached hydrogen (secondary N) is 1. The maximum absolute atomic E-state index is 13.5. The zero-order valence-corrected chi connectivity index (χ0v) is 12.5. The van der Waals surface area contributed by atoms with E-state index in [1.165, 1.54) is 19.2 Å². The maximum Gasteiger partial charge on any atom is 0.340 e. The number of aryl methyl sites for hydroxylation is 1. The minimum absolute atomic E-state index is 0.0931. The van der Waals surface area contributed by atoms with Gasteiger partial charge in [0.25, 0.3) is 0 Å². The highest BCUT2D eigenvalue weighted by atomic mass is 35.5. The van der Waals surface area contributed by atoms with E-state index in [0.717, 1.165) is 11.1 Å². The summed E-state index contributed by atoms with van der Waals surface area (Å²) in [4.78, 5) is 11.4. The zero-order valence-electron chi connectivity index (χ0n) is 11.7. The van der Waals surface area contributed by atoms with E-state index >= 15 is 0 Å². The number of anilines is 1. The lowest BCUT2D eigenvalue weighted by atomic mass is 10.1. The summed E-state index contributed by atoms with van der Waals surface area (Å²) in [6.07, 6.45) is 0. The molecule has 3 nitrogen and oxygen atoms in total. The van der Waals surface area contributed by atoms with E-state index in [-0.39, 0.29) is 5.56 Å². The minimum Gasteiger partial charge on any atom is -0.465 e. The summed E-state index contributed by atoms with van der Waals surface area (Å²) < 4.78 is 18.1. The molecule has 2 rings (SSSR count). The number of ether oxygens (including phenoxy) is 1. The van der Waals surface area contributed by atoms with Gasteiger partial charge in [0.05, 0.1) is 12.7 Å². The molecule has 2 aromatic rings. The third-order valence-electron chi connectivity index (χ3n) is 3.10. The Bertz CT molecular complexity index is 673. The Morgan fingerprint density at radius 2 is 2.05 bits per heavy atom. The Hall–Kier alpha value is -2.07. The van der Waals surface area contributed by atoms with E-state index in [4.69, 9.17) is 11.6 Å². The molecule has 0 unspecified atom stereocenters. The van der Waals surface area contributed by atoms with Crippen LogP contribution in [0.1, 0.15) is 21.5 Å². The summed E-state index contributed by atoms with van der Waals surface area (Å²) in [5, 5.41) is 3.82. The van der Waals surface area contributed by atoms with Crippen molar-refractivity contribution in [2.24, 2.45) is 0 Å². The molecule has 0 spiro atoms. The maximum atomic E-state index is 13.5. The van der Waals surface area contributed by atoms with Gasteiger partial charge in [-0.25, -0.2) is 9.18 Å². The van der Waals surface area contributed by atoms with Gasteiger partial charge in [-0.1, -0.05) is 23.7 Å². The highest BCUT2D eigenvalue weighted by molar-refractivity contribution is 6.31. The predicted molar refractivity (Wildman–Crippen MR) is 81.3 cm³/mol. The Morgan fingerprint density at radius 3 is 2.71 bits per heavy atom. The molecule has 0 aliphatic heterocycles. The van der Waals surface area contributed by atoms with Crippen molar-refractivity contribution in [1.29, 1.82) is 0 Å². The SMILES string of the molecule is COC(=O)c1cc(NCc2ccc(C)c(Cl)c2)ccc1F. The lowest BCUT2D eigenvalue weighted by Gasteiger charge is -2.09. The standard InChI is InChI=1S/C16H15ClFNO2/c1-10-3-4-11(7-14(10)17)9-19-12-5-6-15(18)13(8-12)16(20)21-2/h3-8,19H,9H2,1-2H3. The van der Waals surface area contributed by atoms with Crippen molar-refractivity contribution in [2.45, 2.75) is 13.5 Å². The molecule has 0 aromatic heterocycles. The van der Waals surface area contributed by atoms with Crippen molar-refractivity contribution < 1.29 is 13.9 Å². The molecule has 0 aliphatic carbocycles. The largest absolute Gasteiger partial charge is 0.465 e.